The van der Waals surface area contributed by atoms with Gasteiger partial charge in [0.1, 0.15) is 5.71 Å². The number of benzene rings is 2. The van der Waals surface area contributed by atoms with Gasteiger partial charge in [-0.2, -0.15) is 0 Å². The smallest absolute Gasteiger partial charge is 0.338 e. The average molecular weight is 329 g/mol. The Morgan fingerprint density at radius 3 is 2.65 bits per heavy atom. The van der Waals surface area contributed by atoms with Crippen molar-refractivity contribution in [3.05, 3.63) is 58.6 Å². The number of hydrogen-bond acceptors (Lipinski definition) is 4. The Morgan fingerprint density at radius 1 is 1.22 bits per heavy atom. The molecule has 1 N–H and O–H groups in total. The number of carbonyl (C=O) groups excluding carboxylic acids is 2. The summed E-state index contributed by atoms with van der Waals surface area (Å²) in [5.74, 6) is -0.667. The zero-order valence-electron chi connectivity index (χ0n) is 12.3. The highest BCUT2D eigenvalue weighted by atomic mass is 35.5. The van der Waals surface area contributed by atoms with Crippen molar-refractivity contribution in [2.75, 3.05) is 11.9 Å². The van der Waals surface area contributed by atoms with Crippen LogP contribution in [0, 0.1) is 0 Å². The zero-order valence-corrected chi connectivity index (χ0v) is 13.1. The van der Waals surface area contributed by atoms with E-state index in [0.29, 0.717) is 39.8 Å². The number of anilines is 1. The molecule has 2 aromatic rings. The van der Waals surface area contributed by atoms with Gasteiger partial charge in [0.2, 0.25) is 0 Å². The molecule has 116 valence electrons. The molecule has 0 fully saturated rings. The predicted molar refractivity (Wildman–Crippen MR) is 88.7 cm³/mol. The Hall–Kier alpha value is -2.66. The molecule has 23 heavy (non-hydrogen) atoms. The fourth-order valence-electron chi connectivity index (χ4n) is 2.25. The van der Waals surface area contributed by atoms with E-state index >= 15 is 0 Å². The molecule has 1 heterocycles. The van der Waals surface area contributed by atoms with Crippen LogP contribution in [0.4, 0.5) is 11.4 Å². The number of rotatable bonds is 3. The normalized spacial score (nSPS) is 14.5. The maximum atomic E-state index is 12.0. The van der Waals surface area contributed by atoms with Gasteiger partial charge in [-0.3, -0.25) is 4.79 Å². The van der Waals surface area contributed by atoms with Crippen molar-refractivity contribution in [2.45, 2.75) is 6.92 Å². The van der Waals surface area contributed by atoms with Crippen LogP contribution in [0.25, 0.3) is 0 Å². The third-order valence-corrected chi connectivity index (χ3v) is 3.55. The number of halogens is 1. The Balaban J connectivity index is 1.92. The van der Waals surface area contributed by atoms with E-state index < -0.39 is 0 Å². The highest BCUT2D eigenvalue weighted by Crippen LogP contribution is 2.28. The molecule has 1 amide bonds. The van der Waals surface area contributed by atoms with Crippen LogP contribution in [0.3, 0.4) is 0 Å². The summed E-state index contributed by atoms with van der Waals surface area (Å²) in [4.78, 5) is 28.0. The third kappa shape index (κ3) is 3.10. The summed E-state index contributed by atoms with van der Waals surface area (Å²) in [5, 5.41) is 3.27. The first kappa shape index (κ1) is 15.2. The van der Waals surface area contributed by atoms with Crippen LogP contribution in [0.5, 0.6) is 0 Å². The first-order valence-electron chi connectivity index (χ1n) is 7.05. The van der Waals surface area contributed by atoms with Crippen LogP contribution in [0.2, 0.25) is 5.02 Å². The number of esters is 1. The van der Waals surface area contributed by atoms with E-state index in [1.165, 1.54) is 0 Å². The van der Waals surface area contributed by atoms with E-state index in [2.05, 4.69) is 10.3 Å². The number of carbonyl (C=O) groups is 2. The first-order valence-corrected chi connectivity index (χ1v) is 7.43. The van der Waals surface area contributed by atoms with Gasteiger partial charge in [0, 0.05) is 10.6 Å². The summed E-state index contributed by atoms with van der Waals surface area (Å²) in [6.45, 7) is 2.07. The van der Waals surface area contributed by atoms with Gasteiger partial charge < -0.3 is 10.1 Å². The zero-order chi connectivity index (χ0) is 16.4. The van der Waals surface area contributed by atoms with Crippen LogP contribution in [-0.2, 0) is 9.53 Å². The summed E-state index contributed by atoms with van der Waals surface area (Å²) in [7, 11) is 0. The first-order chi connectivity index (χ1) is 11.1. The predicted octanol–water partition coefficient (Wildman–Crippen LogP) is 3.59. The highest BCUT2D eigenvalue weighted by molar-refractivity contribution is 6.54. The topological polar surface area (TPSA) is 67.8 Å². The number of ether oxygens (including phenoxy) is 1. The quantitative estimate of drug-likeness (QED) is 0.875. The fraction of sp³-hybridized carbons (Fsp3) is 0.118. The summed E-state index contributed by atoms with van der Waals surface area (Å²) in [6, 6.07) is 11.7. The number of aliphatic imine (C=N–C) groups is 1. The van der Waals surface area contributed by atoms with Gasteiger partial charge in [-0.1, -0.05) is 11.6 Å². The molecule has 2 aromatic carbocycles. The van der Waals surface area contributed by atoms with Crippen molar-refractivity contribution >= 4 is 40.6 Å². The largest absolute Gasteiger partial charge is 0.462 e. The van der Waals surface area contributed by atoms with E-state index in [1.54, 1.807) is 49.4 Å². The van der Waals surface area contributed by atoms with E-state index in [4.69, 9.17) is 16.3 Å². The average Bonchev–Trinajstić information content (AvgIpc) is 2.84. The van der Waals surface area contributed by atoms with E-state index in [1.807, 2.05) is 0 Å². The van der Waals surface area contributed by atoms with Crippen molar-refractivity contribution < 1.29 is 14.3 Å². The van der Waals surface area contributed by atoms with E-state index in [9.17, 15) is 9.59 Å². The molecule has 0 saturated carbocycles. The molecular weight excluding hydrogens is 316 g/mol. The molecular formula is C17H13ClN2O3. The lowest BCUT2D eigenvalue weighted by atomic mass is 10.1. The number of fused-ring (bicyclic) bond motifs is 1. The Bertz CT molecular complexity index is 813. The second kappa shape index (κ2) is 6.22. The van der Waals surface area contributed by atoms with Gasteiger partial charge in [-0.25, -0.2) is 9.79 Å². The molecule has 0 aromatic heterocycles. The lowest BCUT2D eigenvalue weighted by Gasteiger charge is -2.02. The van der Waals surface area contributed by atoms with Crippen molar-refractivity contribution in [1.82, 2.24) is 0 Å². The number of amides is 1. The van der Waals surface area contributed by atoms with Gasteiger partial charge in [0.05, 0.1) is 23.5 Å². The molecule has 0 saturated heterocycles. The van der Waals surface area contributed by atoms with Gasteiger partial charge >= 0.3 is 5.97 Å². The van der Waals surface area contributed by atoms with Crippen LogP contribution in [0.1, 0.15) is 22.8 Å². The van der Waals surface area contributed by atoms with E-state index in [-0.39, 0.29) is 11.9 Å². The Morgan fingerprint density at radius 2 is 1.96 bits per heavy atom. The summed E-state index contributed by atoms with van der Waals surface area (Å²) < 4.78 is 4.92. The molecule has 0 bridgehead atoms. The maximum absolute atomic E-state index is 12.0. The molecule has 0 unspecified atom stereocenters. The number of hydrogen-bond donors (Lipinski definition) is 1. The standard InChI is InChI=1S/C17H13ClN2O3/c1-2-23-17(22)10-3-6-12(7-4-10)19-15-13-9-11(18)5-8-14(13)20-16(15)21/h3-9H,2H2,1H3,(H,19,20,21). The molecule has 3 rings (SSSR count). The SMILES string of the molecule is CCOC(=O)c1ccc(N=C2C(=O)Nc3ccc(Cl)cc32)cc1. The van der Waals surface area contributed by atoms with Gasteiger partial charge in [-0.05, 0) is 49.4 Å². The second-order valence-corrected chi connectivity index (χ2v) is 5.31. The molecule has 0 spiro atoms. The van der Waals surface area contributed by atoms with Crippen LogP contribution in [0.15, 0.2) is 47.5 Å². The number of nitrogens with zero attached hydrogens (tertiary/aromatic N) is 1. The molecule has 0 atom stereocenters. The molecule has 0 radical (unpaired) electrons. The molecule has 5 nitrogen and oxygen atoms in total. The van der Waals surface area contributed by atoms with Gasteiger partial charge in [0.15, 0.2) is 0 Å². The lowest BCUT2D eigenvalue weighted by molar-refractivity contribution is -0.110. The lowest BCUT2D eigenvalue weighted by Crippen LogP contribution is -2.13. The van der Waals surface area contributed by atoms with Crippen molar-refractivity contribution in [2.24, 2.45) is 4.99 Å². The molecule has 0 aliphatic carbocycles. The van der Waals surface area contributed by atoms with E-state index in [0.717, 1.165) is 0 Å². The van der Waals surface area contributed by atoms with Crippen LogP contribution in [-0.4, -0.2) is 24.2 Å². The van der Waals surface area contributed by atoms with Gasteiger partial charge in [-0.15, -0.1) is 0 Å². The fourth-order valence-corrected chi connectivity index (χ4v) is 2.42. The van der Waals surface area contributed by atoms with Crippen LogP contribution < -0.4 is 5.32 Å². The van der Waals surface area contributed by atoms with Crippen molar-refractivity contribution in [1.29, 1.82) is 0 Å². The minimum Gasteiger partial charge on any atom is -0.462 e. The Kier molecular flexibility index (Phi) is 4.12. The Labute approximate surface area is 137 Å². The van der Waals surface area contributed by atoms with Gasteiger partial charge in [0.25, 0.3) is 5.91 Å². The van der Waals surface area contributed by atoms with Crippen LogP contribution >= 0.6 is 11.6 Å². The molecule has 6 heteroatoms. The second-order valence-electron chi connectivity index (χ2n) is 4.87. The summed E-state index contributed by atoms with van der Waals surface area (Å²) >= 11 is 5.98. The minimum absolute atomic E-state index is 0.281. The third-order valence-electron chi connectivity index (χ3n) is 3.32. The minimum atomic E-state index is -0.387. The molecule has 1 aliphatic rings. The summed E-state index contributed by atoms with van der Waals surface area (Å²) in [6.07, 6.45) is 0. The number of nitrogens with one attached hydrogen (secondary N) is 1. The summed E-state index contributed by atoms with van der Waals surface area (Å²) in [5.41, 5.74) is 2.65. The van der Waals surface area contributed by atoms with Crippen molar-refractivity contribution in [3.63, 3.8) is 0 Å². The van der Waals surface area contributed by atoms with Crippen molar-refractivity contribution in [3.8, 4) is 0 Å². The monoisotopic (exact) mass is 328 g/mol. The molecule has 1 aliphatic heterocycles. The maximum Gasteiger partial charge on any atom is 0.338 e. The highest BCUT2D eigenvalue weighted by Gasteiger charge is 2.26.